The van der Waals surface area contributed by atoms with Crippen molar-refractivity contribution < 1.29 is 14.3 Å². The zero-order chi connectivity index (χ0) is 16.1. The number of hydrogen-bond donors (Lipinski definition) is 0. The van der Waals surface area contributed by atoms with Gasteiger partial charge < -0.3 is 14.4 Å². The number of amides is 1. The van der Waals surface area contributed by atoms with Crippen LogP contribution in [0, 0.1) is 6.92 Å². The Balaban J connectivity index is 2.19. The number of carbonyl (C=O) groups is 1. The predicted molar refractivity (Wildman–Crippen MR) is 86.5 cm³/mol. The third-order valence-corrected chi connectivity index (χ3v) is 3.51. The van der Waals surface area contributed by atoms with Gasteiger partial charge in [0, 0.05) is 24.7 Å². The van der Waals surface area contributed by atoms with Crippen LogP contribution in [0.4, 0.5) is 0 Å². The summed E-state index contributed by atoms with van der Waals surface area (Å²) in [5.74, 6) is 1.41. The van der Waals surface area contributed by atoms with Gasteiger partial charge in [0.05, 0.1) is 14.2 Å². The van der Waals surface area contributed by atoms with Crippen molar-refractivity contribution in [3.63, 3.8) is 0 Å². The number of nitrogens with zero attached hydrogens (tertiary/aromatic N) is 1. The number of aryl methyl sites for hydroxylation is 1. The third kappa shape index (κ3) is 3.58. The molecule has 0 bridgehead atoms. The van der Waals surface area contributed by atoms with Gasteiger partial charge in [-0.1, -0.05) is 23.8 Å². The number of ether oxygens (including phenoxy) is 2. The first-order valence-electron chi connectivity index (χ1n) is 7.08. The van der Waals surface area contributed by atoms with E-state index in [0.29, 0.717) is 17.9 Å². The van der Waals surface area contributed by atoms with Crippen LogP contribution in [0.5, 0.6) is 11.5 Å². The molecular formula is C18H21NO3. The van der Waals surface area contributed by atoms with Gasteiger partial charge in [-0.3, -0.25) is 4.79 Å². The molecule has 2 aromatic rings. The first-order valence-corrected chi connectivity index (χ1v) is 7.08. The monoisotopic (exact) mass is 299 g/mol. The van der Waals surface area contributed by atoms with Crippen LogP contribution >= 0.6 is 0 Å². The van der Waals surface area contributed by atoms with Gasteiger partial charge in [0.2, 0.25) is 0 Å². The SMILES string of the molecule is COc1cccc(C(=O)N(C)Cc2cc(C)ccc2OC)c1. The summed E-state index contributed by atoms with van der Waals surface area (Å²) in [4.78, 5) is 14.2. The van der Waals surface area contributed by atoms with E-state index in [2.05, 4.69) is 0 Å². The Kier molecular flexibility index (Phi) is 5.04. The molecule has 1 amide bonds. The van der Waals surface area contributed by atoms with Crippen molar-refractivity contribution in [2.75, 3.05) is 21.3 Å². The molecule has 0 saturated heterocycles. The van der Waals surface area contributed by atoms with E-state index in [1.807, 2.05) is 37.3 Å². The molecule has 4 heteroatoms. The van der Waals surface area contributed by atoms with Gasteiger partial charge in [-0.05, 0) is 31.2 Å². The molecule has 2 rings (SSSR count). The number of carbonyl (C=O) groups excluding carboxylic acids is 1. The fourth-order valence-electron chi connectivity index (χ4n) is 2.33. The number of benzene rings is 2. The van der Waals surface area contributed by atoms with Crippen LogP contribution in [0.15, 0.2) is 42.5 Å². The molecule has 0 aliphatic heterocycles. The van der Waals surface area contributed by atoms with Gasteiger partial charge in [0.25, 0.3) is 5.91 Å². The highest BCUT2D eigenvalue weighted by molar-refractivity contribution is 5.94. The van der Waals surface area contributed by atoms with E-state index in [-0.39, 0.29) is 5.91 Å². The molecule has 0 atom stereocenters. The Bertz CT molecular complexity index is 667. The average Bonchev–Trinajstić information content (AvgIpc) is 2.54. The van der Waals surface area contributed by atoms with Crippen molar-refractivity contribution in [2.24, 2.45) is 0 Å². The molecule has 116 valence electrons. The van der Waals surface area contributed by atoms with Crippen LogP contribution in [0.25, 0.3) is 0 Å². The van der Waals surface area contributed by atoms with Crippen LogP contribution in [0.2, 0.25) is 0 Å². The molecule has 0 fully saturated rings. The number of methoxy groups -OCH3 is 2. The molecular weight excluding hydrogens is 278 g/mol. The lowest BCUT2D eigenvalue weighted by Crippen LogP contribution is -2.26. The summed E-state index contributed by atoms with van der Waals surface area (Å²) in [6.07, 6.45) is 0. The Morgan fingerprint density at radius 1 is 1.09 bits per heavy atom. The van der Waals surface area contributed by atoms with Gasteiger partial charge in [0.15, 0.2) is 0 Å². The lowest BCUT2D eigenvalue weighted by molar-refractivity contribution is 0.0784. The second-order valence-corrected chi connectivity index (χ2v) is 5.21. The summed E-state index contributed by atoms with van der Waals surface area (Å²) >= 11 is 0. The Morgan fingerprint density at radius 2 is 1.86 bits per heavy atom. The van der Waals surface area contributed by atoms with Crippen LogP contribution < -0.4 is 9.47 Å². The molecule has 4 nitrogen and oxygen atoms in total. The topological polar surface area (TPSA) is 38.8 Å². The van der Waals surface area contributed by atoms with E-state index in [1.54, 1.807) is 38.3 Å². The molecule has 0 N–H and O–H groups in total. The second-order valence-electron chi connectivity index (χ2n) is 5.21. The van der Waals surface area contributed by atoms with E-state index >= 15 is 0 Å². The maximum Gasteiger partial charge on any atom is 0.254 e. The number of hydrogen-bond acceptors (Lipinski definition) is 3. The van der Waals surface area contributed by atoms with Gasteiger partial charge in [-0.2, -0.15) is 0 Å². The fraction of sp³-hybridized carbons (Fsp3) is 0.278. The normalized spacial score (nSPS) is 10.2. The van der Waals surface area contributed by atoms with E-state index in [1.165, 1.54) is 0 Å². The zero-order valence-corrected chi connectivity index (χ0v) is 13.4. The molecule has 0 aliphatic rings. The van der Waals surface area contributed by atoms with Crippen molar-refractivity contribution in [2.45, 2.75) is 13.5 Å². The molecule has 0 spiro atoms. The van der Waals surface area contributed by atoms with E-state index in [4.69, 9.17) is 9.47 Å². The maximum absolute atomic E-state index is 12.5. The zero-order valence-electron chi connectivity index (χ0n) is 13.4. The highest BCUT2D eigenvalue weighted by Gasteiger charge is 2.14. The number of rotatable bonds is 5. The molecule has 0 saturated carbocycles. The predicted octanol–water partition coefficient (Wildman–Crippen LogP) is 3.28. The van der Waals surface area contributed by atoms with E-state index < -0.39 is 0 Å². The molecule has 0 aromatic heterocycles. The molecule has 0 aliphatic carbocycles. The summed E-state index contributed by atoms with van der Waals surface area (Å²) < 4.78 is 10.5. The second kappa shape index (κ2) is 6.98. The Hall–Kier alpha value is -2.49. The smallest absolute Gasteiger partial charge is 0.254 e. The summed E-state index contributed by atoms with van der Waals surface area (Å²) in [6, 6.07) is 13.1. The first kappa shape index (κ1) is 15.9. The lowest BCUT2D eigenvalue weighted by Gasteiger charge is -2.19. The molecule has 2 aromatic carbocycles. The summed E-state index contributed by atoms with van der Waals surface area (Å²) in [6.45, 7) is 2.51. The molecule has 22 heavy (non-hydrogen) atoms. The lowest BCUT2D eigenvalue weighted by atomic mass is 10.1. The van der Waals surface area contributed by atoms with Crippen LogP contribution in [0.1, 0.15) is 21.5 Å². The van der Waals surface area contributed by atoms with Crippen molar-refractivity contribution in [3.8, 4) is 11.5 Å². The third-order valence-electron chi connectivity index (χ3n) is 3.51. The van der Waals surface area contributed by atoms with Gasteiger partial charge in [-0.15, -0.1) is 0 Å². The first-order chi connectivity index (χ1) is 10.5. The van der Waals surface area contributed by atoms with Crippen LogP contribution in [-0.4, -0.2) is 32.1 Å². The van der Waals surface area contributed by atoms with Crippen molar-refractivity contribution in [1.82, 2.24) is 4.90 Å². The quantitative estimate of drug-likeness (QED) is 0.850. The minimum Gasteiger partial charge on any atom is -0.497 e. The minimum absolute atomic E-state index is 0.0533. The van der Waals surface area contributed by atoms with E-state index in [9.17, 15) is 4.79 Å². The van der Waals surface area contributed by atoms with Crippen molar-refractivity contribution >= 4 is 5.91 Å². The Labute approximate surface area is 131 Å². The Morgan fingerprint density at radius 3 is 2.55 bits per heavy atom. The highest BCUT2D eigenvalue weighted by atomic mass is 16.5. The minimum atomic E-state index is -0.0533. The molecule has 0 heterocycles. The standard InChI is InChI=1S/C18H21NO3/c1-13-8-9-17(22-4)15(10-13)12-19(2)18(20)14-6-5-7-16(11-14)21-3/h5-11H,12H2,1-4H3. The fourth-order valence-corrected chi connectivity index (χ4v) is 2.33. The van der Waals surface area contributed by atoms with Crippen molar-refractivity contribution in [3.05, 3.63) is 59.2 Å². The van der Waals surface area contributed by atoms with Crippen LogP contribution in [-0.2, 0) is 6.54 Å². The molecule has 0 radical (unpaired) electrons. The summed E-state index contributed by atoms with van der Waals surface area (Å²) in [5.41, 5.74) is 2.73. The van der Waals surface area contributed by atoms with Gasteiger partial charge in [-0.25, -0.2) is 0 Å². The van der Waals surface area contributed by atoms with Crippen molar-refractivity contribution in [1.29, 1.82) is 0 Å². The van der Waals surface area contributed by atoms with Gasteiger partial charge >= 0.3 is 0 Å². The van der Waals surface area contributed by atoms with Crippen LogP contribution in [0.3, 0.4) is 0 Å². The maximum atomic E-state index is 12.5. The summed E-state index contributed by atoms with van der Waals surface area (Å²) in [7, 11) is 5.01. The van der Waals surface area contributed by atoms with E-state index in [0.717, 1.165) is 16.9 Å². The summed E-state index contributed by atoms with van der Waals surface area (Å²) in [5, 5.41) is 0. The largest absolute Gasteiger partial charge is 0.497 e. The highest BCUT2D eigenvalue weighted by Crippen LogP contribution is 2.22. The van der Waals surface area contributed by atoms with Gasteiger partial charge in [0.1, 0.15) is 11.5 Å². The molecule has 0 unspecified atom stereocenters. The average molecular weight is 299 g/mol.